The number of amides is 1. The standard InChI is InChI=1S/C9H16N2O/c1-7(6-10-5)11-8(12)9(2,3)4/h6H,1H2,2-5H3,(H,11,12)/b10-6-. The van der Waals surface area contributed by atoms with Gasteiger partial charge in [-0.05, 0) is 0 Å². The Morgan fingerprint density at radius 2 is 2.00 bits per heavy atom. The first kappa shape index (κ1) is 10.9. The topological polar surface area (TPSA) is 41.5 Å². The lowest BCUT2D eigenvalue weighted by Crippen LogP contribution is -2.34. The number of carbonyl (C=O) groups excluding carboxylic acids is 1. The van der Waals surface area contributed by atoms with Crippen molar-refractivity contribution >= 4 is 12.1 Å². The third-order valence-corrected chi connectivity index (χ3v) is 1.24. The summed E-state index contributed by atoms with van der Waals surface area (Å²) in [5, 5.41) is 2.64. The Balaban J connectivity index is 4.11. The van der Waals surface area contributed by atoms with Gasteiger partial charge in [0, 0.05) is 18.7 Å². The molecule has 1 amide bonds. The highest BCUT2D eigenvalue weighted by Gasteiger charge is 2.20. The van der Waals surface area contributed by atoms with Gasteiger partial charge in [0.2, 0.25) is 5.91 Å². The predicted octanol–water partition coefficient (Wildman–Crippen LogP) is 1.36. The van der Waals surface area contributed by atoms with Gasteiger partial charge in [-0.25, -0.2) is 0 Å². The molecular formula is C9H16N2O. The van der Waals surface area contributed by atoms with Gasteiger partial charge in [-0.3, -0.25) is 9.79 Å². The quantitative estimate of drug-likeness (QED) is 0.621. The monoisotopic (exact) mass is 168 g/mol. The molecule has 0 aliphatic carbocycles. The van der Waals surface area contributed by atoms with Crippen molar-refractivity contribution in [2.75, 3.05) is 7.05 Å². The molecule has 0 radical (unpaired) electrons. The molecule has 0 spiro atoms. The second kappa shape index (κ2) is 4.04. The highest BCUT2D eigenvalue weighted by atomic mass is 16.2. The van der Waals surface area contributed by atoms with Crippen LogP contribution < -0.4 is 5.32 Å². The molecule has 0 bridgehead atoms. The molecule has 0 rings (SSSR count). The second-order valence-electron chi connectivity index (χ2n) is 3.62. The van der Waals surface area contributed by atoms with Crippen LogP contribution in [0.5, 0.6) is 0 Å². The SMILES string of the molecule is C=C(/C=N\C)NC(=O)C(C)(C)C. The number of rotatable bonds is 2. The van der Waals surface area contributed by atoms with Gasteiger partial charge in [0.1, 0.15) is 0 Å². The molecule has 12 heavy (non-hydrogen) atoms. The third-order valence-electron chi connectivity index (χ3n) is 1.24. The van der Waals surface area contributed by atoms with Gasteiger partial charge in [-0.1, -0.05) is 27.4 Å². The summed E-state index contributed by atoms with van der Waals surface area (Å²) in [4.78, 5) is 15.0. The van der Waals surface area contributed by atoms with E-state index in [0.717, 1.165) is 0 Å². The number of nitrogens with zero attached hydrogens (tertiary/aromatic N) is 1. The van der Waals surface area contributed by atoms with Gasteiger partial charge in [0.25, 0.3) is 0 Å². The van der Waals surface area contributed by atoms with Crippen molar-refractivity contribution in [3.63, 3.8) is 0 Å². The van der Waals surface area contributed by atoms with E-state index in [1.807, 2.05) is 20.8 Å². The van der Waals surface area contributed by atoms with Crippen molar-refractivity contribution in [2.24, 2.45) is 10.4 Å². The smallest absolute Gasteiger partial charge is 0.229 e. The summed E-state index contributed by atoms with van der Waals surface area (Å²) in [5.41, 5.74) is 0.141. The number of hydrogen-bond acceptors (Lipinski definition) is 2. The maximum Gasteiger partial charge on any atom is 0.229 e. The van der Waals surface area contributed by atoms with E-state index < -0.39 is 0 Å². The van der Waals surface area contributed by atoms with E-state index in [9.17, 15) is 4.79 Å². The number of allylic oxidation sites excluding steroid dienone is 1. The number of nitrogens with one attached hydrogen (secondary N) is 1. The summed E-state index contributed by atoms with van der Waals surface area (Å²) in [6.45, 7) is 9.15. The largest absolute Gasteiger partial charge is 0.325 e. The molecule has 0 saturated carbocycles. The van der Waals surface area contributed by atoms with Crippen molar-refractivity contribution in [3.8, 4) is 0 Å². The van der Waals surface area contributed by atoms with Crippen molar-refractivity contribution < 1.29 is 4.79 Å². The molecule has 0 atom stereocenters. The molecule has 3 heteroatoms. The average Bonchev–Trinajstić information content (AvgIpc) is 1.85. The van der Waals surface area contributed by atoms with E-state index in [4.69, 9.17) is 0 Å². The van der Waals surface area contributed by atoms with Crippen LogP contribution in [0.15, 0.2) is 17.3 Å². The molecule has 0 unspecified atom stereocenters. The fraction of sp³-hybridized carbons (Fsp3) is 0.556. The maximum atomic E-state index is 11.3. The Bertz CT molecular complexity index is 211. The zero-order valence-electron chi connectivity index (χ0n) is 8.14. The first-order valence-corrected chi connectivity index (χ1v) is 3.80. The molecule has 3 nitrogen and oxygen atoms in total. The Morgan fingerprint density at radius 1 is 1.50 bits per heavy atom. The van der Waals surface area contributed by atoms with Crippen LogP contribution in [0.25, 0.3) is 0 Å². The van der Waals surface area contributed by atoms with Crippen LogP contribution in [0.2, 0.25) is 0 Å². The Kier molecular flexibility index (Phi) is 3.67. The van der Waals surface area contributed by atoms with E-state index in [1.54, 1.807) is 7.05 Å². The van der Waals surface area contributed by atoms with Crippen molar-refractivity contribution in [1.29, 1.82) is 0 Å². The van der Waals surface area contributed by atoms with Gasteiger partial charge in [-0.15, -0.1) is 0 Å². The lowest BCUT2D eigenvalue weighted by molar-refractivity contribution is -0.127. The van der Waals surface area contributed by atoms with Crippen LogP contribution in [0.1, 0.15) is 20.8 Å². The lowest BCUT2D eigenvalue weighted by atomic mass is 9.96. The summed E-state index contributed by atoms with van der Waals surface area (Å²) in [6, 6.07) is 0. The summed E-state index contributed by atoms with van der Waals surface area (Å²) < 4.78 is 0. The highest BCUT2D eigenvalue weighted by molar-refractivity contribution is 5.89. The third kappa shape index (κ3) is 3.91. The second-order valence-corrected chi connectivity index (χ2v) is 3.62. The molecule has 0 aromatic carbocycles. The molecule has 0 fully saturated rings. The van der Waals surface area contributed by atoms with Crippen LogP contribution >= 0.6 is 0 Å². The van der Waals surface area contributed by atoms with Gasteiger partial charge in [0.05, 0.1) is 5.70 Å². The van der Waals surface area contributed by atoms with E-state index >= 15 is 0 Å². The zero-order valence-corrected chi connectivity index (χ0v) is 8.14. The first-order valence-electron chi connectivity index (χ1n) is 3.80. The van der Waals surface area contributed by atoms with E-state index in [-0.39, 0.29) is 11.3 Å². The minimum absolute atomic E-state index is 0.0487. The molecule has 0 aliphatic rings. The summed E-state index contributed by atoms with van der Waals surface area (Å²) >= 11 is 0. The normalized spacial score (nSPS) is 11.7. The Morgan fingerprint density at radius 3 is 2.33 bits per heavy atom. The number of carbonyl (C=O) groups is 1. The molecule has 1 N–H and O–H groups in total. The van der Waals surface area contributed by atoms with Crippen LogP contribution in [-0.4, -0.2) is 19.2 Å². The number of aliphatic imine (C=N–C) groups is 1. The molecule has 0 saturated heterocycles. The van der Waals surface area contributed by atoms with Crippen LogP contribution in [-0.2, 0) is 4.79 Å². The summed E-state index contributed by atoms with van der Waals surface area (Å²) in [6.07, 6.45) is 1.52. The van der Waals surface area contributed by atoms with E-state index in [0.29, 0.717) is 5.70 Å². The molecule has 0 aromatic rings. The average molecular weight is 168 g/mol. The van der Waals surface area contributed by atoms with E-state index in [2.05, 4.69) is 16.9 Å². The van der Waals surface area contributed by atoms with Crippen LogP contribution in [0, 0.1) is 5.41 Å². The van der Waals surface area contributed by atoms with Crippen molar-refractivity contribution in [2.45, 2.75) is 20.8 Å². The van der Waals surface area contributed by atoms with Gasteiger partial charge < -0.3 is 5.32 Å². The van der Waals surface area contributed by atoms with Gasteiger partial charge in [-0.2, -0.15) is 0 Å². The highest BCUT2D eigenvalue weighted by Crippen LogP contribution is 2.12. The predicted molar refractivity (Wildman–Crippen MR) is 51.2 cm³/mol. The molecule has 68 valence electrons. The summed E-state index contributed by atoms with van der Waals surface area (Å²) in [7, 11) is 1.63. The fourth-order valence-corrected chi connectivity index (χ4v) is 0.521. The van der Waals surface area contributed by atoms with Crippen LogP contribution in [0.4, 0.5) is 0 Å². The van der Waals surface area contributed by atoms with Gasteiger partial charge in [0.15, 0.2) is 0 Å². The van der Waals surface area contributed by atoms with E-state index in [1.165, 1.54) is 6.21 Å². The van der Waals surface area contributed by atoms with Crippen molar-refractivity contribution in [1.82, 2.24) is 5.32 Å². The Labute approximate surface area is 73.6 Å². The first-order chi connectivity index (χ1) is 5.38. The summed E-state index contributed by atoms with van der Waals surface area (Å²) in [5.74, 6) is -0.0487. The minimum Gasteiger partial charge on any atom is -0.325 e. The molecule has 0 heterocycles. The zero-order chi connectivity index (χ0) is 9.78. The molecular weight excluding hydrogens is 152 g/mol. The molecule has 0 aliphatic heterocycles. The minimum atomic E-state index is -0.384. The molecule has 0 aromatic heterocycles. The van der Waals surface area contributed by atoms with Gasteiger partial charge >= 0.3 is 0 Å². The fourth-order valence-electron chi connectivity index (χ4n) is 0.521. The van der Waals surface area contributed by atoms with Crippen LogP contribution in [0.3, 0.4) is 0 Å². The number of hydrogen-bond donors (Lipinski definition) is 1. The maximum absolute atomic E-state index is 11.3. The van der Waals surface area contributed by atoms with Crippen molar-refractivity contribution in [3.05, 3.63) is 12.3 Å². The lowest BCUT2D eigenvalue weighted by Gasteiger charge is -2.17. The Hall–Kier alpha value is -1.12.